The highest BCUT2D eigenvalue weighted by molar-refractivity contribution is 5.76. The molecule has 2 rings (SSSR count). The zero-order valence-electron chi connectivity index (χ0n) is 44.8. The van der Waals surface area contributed by atoms with Gasteiger partial charge in [0.2, 0.25) is 5.91 Å². The Kier molecular flexibility index (Phi) is 40.0. The van der Waals surface area contributed by atoms with E-state index >= 15 is 0 Å². The second kappa shape index (κ2) is 44.5. The summed E-state index contributed by atoms with van der Waals surface area (Å²) in [6.45, 7) is 2.59. The molecule has 12 atom stereocenters. The van der Waals surface area contributed by atoms with Crippen molar-refractivity contribution in [2.75, 3.05) is 19.8 Å². The molecule has 2 aliphatic heterocycles. The summed E-state index contributed by atoms with van der Waals surface area (Å²) in [6, 6.07) is -0.953. The van der Waals surface area contributed by atoms with E-state index in [-0.39, 0.29) is 18.9 Å². The van der Waals surface area contributed by atoms with Gasteiger partial charge in [0.15, 0.2) is 12.6 Å². The third kappa shape index (κ3) is 30.2. The minimum Gasteiger partial charge on any atom is -0.394 e. The van der Waals surface area contributed by atoms with Crippen LogP contribution in [0.5, 0.6) is 0 Å². The topological polar surface area (TPSA) is 228 Å². The zero-order chi connectivity index (χ0) is 53.9. The number of rotatable bonds is 41. The summed E-state index contributed by atoms with van der Waals surface area (Å²) < 4.78 is 22.7. The molecule has 2 heterocycles. The standard InChI is InChI=1S/C60H97NO13/c1-3-5-7-9-11-13-15-16-17-18-19-20-21-22-23-24-25-26-27-28-29-30-31-32-34-36-38-40-42-44-52(65)61-48(49(64)43-41-39-37-35-33-14-12-10-8-6-4-2)47-71-59-57(70)55(68)58(51(46-63)73-59)74-60-56(69)54(67)53(66)50(45-62)72-60/h5,7,11,13,16-17,19-20,22-23,25-26,28-29,31-32,36,38,41,43,48-51,53-60,62-64,66-70H,3-4,6,8-10,12,14-15,18,21,24,27,30,33-35,37,39-40,42,44-47H2,1-2H3,(H,61,65)/b7-5-,13-11-,17-16-,20-19-,23-22-,26-25-,29-28-,32-31-,38-36-,43-41+. The molecule has 0 aromatic carbocycles. The van der Waals surface area contributed by atoms with E-state index in [1.165, 1.54) is 38.5 Å². The van der Waals surface area contributed by atoms with Crippen molar-refractivity contribution in [3.63, 3.8) is 0 Å². The van der Waals surface area contributed by atoms with Gasteiger partial charge in [-0.2, -0.15) is 0 Å². The second-order valence-electron chi connectivity index (χ2n) is 19.0. The van der Waals surface area contributed by atoms with Crippen molar-refractivity contribution < 1.29 is 64.6 Å². The molecule has 14 nitrogen and oxygen atoms in total. The van der Waals surface area contributed by atoms with Crippen molar-refractivity contribution in [3.8, 4) is 0 Å². The molecule has 0 spiro atoms. The van der Waals surface area contributed by atoms with Crippen molar-refractivity contribution >= 4 is 5.91 Å². The fraction of sp³-hybridized carbons (Fsp3) is 0.650. The van der Waals surface area contributed by atoms with Gasteiger partial charge in [0.05, 0.1) is 32.0 Å². The third-order valence-corrected chi connectivity index (χ3v) is 12.7. The van der Waals surface area contributed by atoms with Crippen LogP contribution in [0, 0.1) is 0 Å². The average Bonchev–Trinajstić information content (AvgIpc) is 3.40. The highest BCUT2D eigenvalue weighted by atomic mass is 16.7. The first-order valence-electron chi connectivity index (χ1n) is 27.8. The van der Waals surface area contributed by atoms with Crippen LogP contribution >= 0.6 is 0 Å². The Morgan fingerprint density at radius 2 is 0.932 bits per heavy atom. The molecule has 0 aliphatic carbocycles. The van der Waals surface area contributed by atoms with Crippen LogP contribution < -0.4 is 5.32 Å². The number of unbranched alkanes of at least 4 members (excludes halogenated alkanes) is 10. The lowest BCUT2D eigenvalue weighted by Gasteiger charge is -2.46. The Bertz CT molecular complexity index is 1700. The fourth-order valence-electron chi connectivity index (χ4n) is 8.17. The minimum atomic E-state index is -1.80. The molecule has 0 aromatic heterocycles. The van der Waals surface area contributed by atoms with Crippen LogP contribution in [0.1, 0.15) is 155 Å². The number of amides is 1. The van der Waals surface area contributed by atoms with Gasteiger partial charge in [-0.3, -0.25) is 4.79 Å². The molecule has 420 valence electrons. The lowest BCUT2D eigenvalue weighted by Crippen LogP contribution is -2.65. The molecule has 9 N–H and O–H groups in total. The third-order valence-electron chi connectivity index (χ3n) is 12.7. The van der Waals surface area contributed by atoms with E-state index < -0.39 is 86.8 Å². The summed E-state index contributed by atoms with van der Waals surface area (Å²) in [5, 5.41) is 86.7. The molecule has 0 aromatic rings. The summed E-state index contributed by atoms with van der Waals surface area (Å²) in [5.41, 5.74) is 0. The second-order valence-corrected chi connectivity index (χ2v) is 19.0. The number of carbonyl (C=O) groups is 1. The van der Waals surface area contributed by atoms with Crippen LogP contribution in [-0.4, -0.2) is 140 Å². The van der Waals surface area contributed by atoms with Crippen molar-refractivity contribution in [2.24, 2.45) is 0 Å². The Hall–Kier alpha value is -3.61. The lowest BCUT2D eigenvalue weighted by atomic mass is 9.97. The minimum absolute atomic E-state index is 0.192. The molecular formula is C60H97NO13. The smallest absolute Gasteiger partial charge is 0.220 e. The van der Waals surface area contributed by atoms with Gasteiger partial charge in [-0.15, -0.1) is 0 Å². The number of aliphatic hydroxyl groups is 8. The number of hydrogen-bond donors (Lipinski definition) is 9. The first-order chi connectivity index (χ1) is 36.1. The van der Waals surface area contributed by atoms with Gasteiger partial charge in [-0.05, 0) is 83.5 Å². The van der Waals surface area contributed by atoms with Crippen LogP contribution in [-0.2, 0) is 23.7 Å². The quantitative estimate of drug-likeness (QED) is 0.0207. The van der Waals surface area contributed by atoms with Gasteiger partial charge in [0.1, 0.15) is 48.8 Å². The van der Waals surface area contributed by atoms with E-state index in [0.717, 1.165) is 83.5 Å². The highest BCUT2D eigenvalue weighted by Crippen LogP contribution is 2.30. The van der Waals surface area contributed by atoms with Crippen molar-refractivity contribution in [2.45, 2.75) is 229 Å². The van der Waals surface area contributed by atoms with Gasteiger partial charge in [0, 0.05) is 6.42 Å². The van der Waals surface area contributed by atoms with Crippen molar-refractivity contribution in [1.82, 2.24) is 5.32 Å². The summed E-state index contributed by atoms with van der Waals surface area (Å²) in [6.07, 6.45) is 46.8. The number of hydrogen-bond acceptors (Lipinski definition) is 13. The Balaban J connectivity index is 1.78. The van der Waals surface area contributed by atoms with Gasteiger partial charge in [-0.25, -0.2) is 0 Å². The predicted molar refractivity (Wildman–Crippen MR) is 295 cm³/mol. The molecule has 2 saturated heterocycles. The van der Waals surface area contributed by atoms with E-state index in [9.17, 15) is 45.6 Å². The van der Waals surface area contributed by atoms with Crippen LogP contribution in [0.3, 0.4) is 0 Å². The molecule has 12 unspecified atom stereocenters. The monoisotopic (exact) mass is 1040 g/mol. The summed E-state index contributed by atoms with van der Waals surface area (Å²) >= 11 is 0. The molecule has 14 heteroatoms. The fourth-order valence-corrected chi connectivity index (χ4v) is 8.17. The Morgan fingerprint density at radius 3 is 1.42 bits per heavy atom. The van der Waals surface area contributed by atoms with E-state index in [4.69, 9.17) is 18.9 Å². The highest BCUT2D eigenvalue weighted by Gasteiger charge is 2.51. The zero-order valence-corrected chi connectivity index (χ0v) is 44.8. The maximum atomic E-state index is 13.2. The van der Waals surface area contributed by atoms with Gasteiger partial charge < -0.3 is 65.1 Å². The van der Waals surface area contributed by atoms with E-state index in [1.54, 1.807) is 6.08 Å². The first-order valence-corrected chi connectivity index (χ1v) is 27.8. The number of allylic oxidation sites excluding steroid dienone is 19. The maximum Gasteiger partial charge on any atom is 0.220 e. The molecule has 0 saturated carbocycles. The molecule has 0 bridgehead atoms. The van der Waals surface area contributed by atoms with Crippen molar-refractivity contribution in [1.29, 1.82) is 0 Å². The summed E-state index contributed by atoms with van der Waals surface area (Å²) in [4.78, 5) is 13.2. The van der Waals surface area contributed by atoms with Crippen molar-refractivity contribution in [3.05, 3.63) is 122 Å². The Morgan fingerprint density at radius 1 is 0.500 bits per heavy atom. The number of ether oxygens (including phenoxy) is 4. The van der Waals surface area contributed by atoms with Gasteiger partial charge in [-0.1, -0.05) is 187 Å². The number of aliphatic hydroxyl groups excluding tert-OH is 8. The molecular weight excluding hydrogens is 943 g/mol. The maximum absolute atomic E-state index is 13.2. The van der Waals surface area contributed by atoms with E-state index in [2.05, 4.69) is 122 Å². The SMILES string of the molecule is CC/C=C\C/C=C\C/C=C\C/C=C\C/C=C\C/C=C\C/C=C\C/C=C\C/C=C\CCCC(=O)NC(COC1OC(CO)C(OC2OC(CO)C(O)C(O)C2O)C(O)C1O)C(O)/C=C/CCCCCCCCCCC. The Labute approximate surface area is 444 Å². The van der Waals surface area contributed by atoms with Gasteiger partial charge in [0.25, 0.3) is 0 Å². The van der Waals surface area contributed by atoms with Gasteiger partial charge >= 0.3 is 0 Å². The lowest BCUT2D eigenvalue weighted by molar-refractivity contribution is -0.359. The van der Waals surface area contributed by atoms with Crippen LogP contribution in [0.4, 0.5) is 0 Å². The number of carbonyl (C=O) groups excluding carboxylic acids is 1. The summed E-state index contributed by atoms with van der Waals surface area (Å²) in [7, 11) is 0. The van der Waals surface area contributed by atoms with Crippen LogP contribution in [0.15, 0.2) is 122 Å². The van der Waals surface area contributed by atoms with E-state index in [1.807, 2.05) is 12.2 Å². The molecule has 1 amide bonds. The molecule has 0 radical (unpaired) electrons. The van der Waals surface area contributed by atoms with Crippen LogP contribution in [0.25, 0.3) is 0 Å². The first kappa shape index (κ1) is 66.5. The normalized spacial score (nSPS) is 26.2. The molecule has 74 heavy (non-hydrogen) atoms. The van der Waals surface area contributed by atoms with Crippen LogP contribution in [0.2, 0.25) is 0 Å². The largest absolute Gasteiger partial charge is 0.394 e. The molecule has 2 fully saturated rings. The average molecular weight is 1040 g/mol. The van der Waals surface area contributed by atoms with E-state index in [0.29, 0.717) is 12.8 Å². The number of nitrogens with one attached hydrogen (secondary N) is 1. The predicted octanol–water partition coefficient (Wildman–Crippen LogP) is 8.66. The molecule has 2 aliphatic rings. The summed E-state index contributed by atoms with van der Waals surface area (Å²) in [5.74, 6) is -0.305.